The van der Waals surface area contributed by atoms with Crippen LogP contribution in [0, 0.1) is 18.8 Å². The molecule has 2 heterocycles. The van der Waals surface area contributed by atoms with Crippen LogP contribution in [0.1, 0.15) is 5.56 Å². The Kier molecular flexibility index (Phi) is 3.62. The number of fused-ring (bicyclic) bond motifs is 1. The number of rotatable bonds is 2. The minimum absolute atomic E-state index is 0.222. The Bertz CT molecular complexity index is 758. The van der Waals surface area contributed by atoms with Crippen molar-refractivity contribution in [2.45, 2.75) is 13.1 Å². The molecule has 2 aromatic rings. The van der Waals surface area contributed by atoms with Gasteiger partial charge < -0.3 is 10.0 Å². The Morgan fingerprint density at radius 3 is 2.65 bits per heavy atom. The van der Waals surface area contributed by atoms with E-state index in [1.54, 1.807) is 12.1 Å². The highest BCUT2D eigenvalue weighted by Gasteiger charge is 2.53. The number of carbonyl (C=O) groups is 1. The molecule has 1 aliphatic heterocycles. The zero-order valence-electron chi connectivity index (χ0n) is 12.2. The lowest BCUT2D eigenvalue weighted by molar-refractivity contribution is -0.187. The van der Waals surface area contributed by atoms with Crippen LogP contribution in [-0.2, 0) is 4.79 Å². The zero-order chi connectivity index (χ0) is 16.8. The number of hydrogen-bond donors (Lipinski definition) is 1. The Balaban J connectivity index is 2.05. The number of halogens is 3. The van der Waals surface area contributed by atoms with Crippen LogP contribution in [0.2, 0.25) is 0 Å². The van der Waals surface area contributed by atoms with Gasteiger partial charge in [0, 0.05) is 18.5 Å². The summed E-state index contributed by atoms with van der Waals surface area (Å²) >= 11 is 0. The quantitative estimate of drug-likeness (QED) is 0.919. The second kappa shape index (κ2) is 5.36. The maximum atomic E-state index is 13.1. The van der Waals surface area contributed by atoms with E-state index in [1.165, 1.54) is 11.2 Å². The van der Waals surface area contributed by atoms with Crippen LogP contribution >= 0.6 is 0 Å². The Hall–Kier alpha value is -2.38. The minimum atomic E-state index is -4.56. The molecule has 2 atom stereocenters. The molecule has 0 radical (unpaired) electrons. The predicted octanol–water partition coefficient (Wildman–Crippen LogP) is 2.64. The summed E-state index contributed by atoms with van der Waals surface area (Å²) in [6, 6.07) is 5.37. The van der Waals surface area contributed by atoms with Gasteiger partial charge in [-0.1, -0.05) is 12.1 Å². The van der Waals surface area contributed by atoms with Crippen molar-refractivity contribution in [1.29, 1.82) is 0 Å². The number of carboxylic acids is 1. The molecular weight excluding hydrogens is 311 g/mol. The van der Waals surface area contributed by atoms with Crippen molar-refractivity contribution >= 4 is 22.7 Å². The van der Waals surface area contributed by atoms with Gasteiger partial charge in [-0.05, 0) is 18.6 Å². The van der Waals surface area contributed by atoms with Gasteiger partial charge in [-0.15, -0.1) is 0 Å². The molecule has 1 aliphatic rings. The van der Waals surface area contributed by atoms with E-state index in [-0.39, 0.29) is 6.54 Å². The van der Waals surface area contributed by atoms with Crippen molar-refractivity contribution in [1.82, 2.24) is 9.97 Å². The second-order valence-electron chi connectivity index (χ2n) is 5.66. The molecule has 1 aromatic heterocycles. The van der Waals surface area contributed by atoms with Crippen LogP contribution in [0.5, 0.6) is 0 Å². The summed E-state index contributed by atoms with van der Waals surface area (Å²) < 4.78 is 39.4. The summed E-state index contributed by atoms with van der Waals surface area (Å²) in [7, 11) is 0. The average molecular weight is 325 g/mol. The van der Waals surface area contributed by atoms with Gasteiger partial charge in [0.1, 0.15) is 12.1 Å². The van der Waals surface area contributed by atoms with Crippen molar-refractivity contribution in [2.75, 3.05) is 18.0 Å². The maximum absolute atomic E-state index is 13.1. The van der Waals surface area contributed by atoms with E-state index in [9.17, 15) is 18.0 Å². The van der Waals surface area contributed by atoms with E-state index in [4.69, 9.17) is 5.11 Å². The minimum Gasteiger partial charge on any atom is -0.481 e. The lowest BCUT2D eigenvalue weighted by Gasteiger charge is -2.20. The molecule has 23 heavy (non-hydrogen) atoms. The molecule has 0 spiro atoms. The van der Waals surface area contributed by atoms with Crippen LogP contribution in [0.25, 0.3) is 10.9 Å². The van der Waals surface area contributed by atoms with E-state index in [0.717, 1.165) is 5.56 Å². The number of benzene rings is 1. The molecule has 3 rings (SSSR count). The highest BCUT2D eigenvalue weighted by molar-refractivity contribution is 5.92. The van der Waals surface area contributed by atoms with E-state index < -0.39 is 30.5 Å². The molecule has 0 aliphatic carbocycles. The fraction of sp³-hybridized carbons (Fsp3) is 0.400. The normalized spacial score (nSPS) is 21.8. The smallest absolute Gasteiger partial charge is 0.394 e. The van der Waals surface area contributed by atoms with Gasteiger partial charge in [0.15, 0.2) is 0 Å². The molecule has 0 amide bonds. The van der Waals surface area contributed by atoms with Gasteiger partial charge in [0.25, 0.3) is 0 Å². The van der Waals surface area contributed by atoms with Gasteiger partial charge in [0.05, 0.1) is 17.4 Å². The Morgan fingerprint density at radius 1 is 1.30 bits per heavy atom. The fourth-order valence-corrected chi connectivity index (χ4v) is 3.06. The van der Waals surface area contributed by atoms with E-state index in [1.807, 2.05) is 13.0 Å². The van der Waals surface area contributed by atoms with Crippen molar-refractivity contribution in [3.63, 3.8) is 0 Å². The van der Waals surface area contributed by atoms with Gasteiger partial charge in [-0.25, -0.2) is 9.97 Å². The summed E-state index contributed by atoms with van der Waals surface area (Å²) in [5.74, 6) is -4.49. The summed E-state index contributed by atoms with van der Waals surface area (Å²) in [6.07, 6.45) is -3.27. The number of nitrogens with zero attached hydrogens (tertiary/aromatic N) is 3. The lowest BCUT2D eigenvalue weighted by atomic mass is 9.96. The first-order chi connectivity index (χ1) is 10.8. The van der Waals surface area contributed by atoms with Crippen LogP contribution in [0.3, 0.4) is 0 Å². The van der Waals surface area contributed by atoms with Crippen LogP contribution < -0.4 is 4.90 Å². The molecule has 1 fully saturated rings. The van der Waals surface area contributed by atoms with Crippen LogP contribution in [0.15, 0.2) is 24.5 Å². The first-order valence-electron chi connectivity index (χ1n) is 7.04. The molecule has 1 N–H and O–H groups in total. The van der Waals surface area contributed by atoms with E-state index in [0.29, 0.717) is 16.7 Å². The topological polar surface area (TPSA) is 66.3 Å². The predicted molar refractivity (Wildman–Crippen MR) is 77.2 cm³/mol. The highest BCUT2D eigenvalue weighted by Crippen LogP contribution is 2.40. The van der Waals surface area contributed by atoms with Crippen molar-refractivity contribution in [3.05, 3.63) is 30.1 Å². The molecule has 8 heteroatoms. The fourth-order valence-electron chi connectivity index (χ4n) is 3.06. The Labute approximate surface area is 129 Å². The standard InChI is InChI=1S/C15H14F3N3O2/c1-8-3-2-4-11-12(8)13(20-7-19-11)21-5-9(14(22)23)10(6-21)15(16,17)18/h2-4,7,9-10H,5-6H2,1H3,(H,22,23)/t9-,10-/m1/s1. The van der Waals surface area contributed by atoms with Crippen LogP contribution in [0.4, 0.5) is 19.0 Å². The van der Waals surface area contributed by atoms with Crippen molar-refractivity contribution in [2.24, 2.45) is 11.8 Å². The summed E-state index contributed by atoms with van der Waals surface area (Å²) in [5.41, 5.74) is 1.46. The average Bonchev–Trinajstić information content (AvgIpc) is 2.92. The number of alkyl halides is 3. The molecule has 1 saturated heterocycles. The number of anilines is 1. The monoisotopic (exact) mass is 325 g/mol. The lowest BCUT2D eigenvalue weighted by Crippen LogP contribution is -2.33. The third-order valence-electron chi connectivity index (χ3n) is 4.21. The Morgan fingerprint density at radius 2 is 2.04 bits per heavy atom. The number of aliphatic carboxylic acids is 1. The number of hydrogen-bond acceptors (Lipinski definition) is 4. The summed E-state index contributed by atoms with van der Waals surface area (Å²) in [6.45, 7) is 1.18. The largest absolute Gasteiger partial charge is 0.481 e. The second-order valence-corrected chi connectivity index (χ2v) is 5.66. The third kappa shape index (κ3) is 2.69. The van der Waals surface area contributed by atoms with E-state index in [2.05, 4.69) is 9.97 Å². The third-order valence-corrected chi connectivity index (χ3v) is 4.21. The molecule has 1 aromatic carbocycles. The SMILES string of the molecule is Cc1cccc2ncnc(N3C[C@@H](C(F)(F)F)[C@H](C(=O)O)C3)c12. The zero-order valence-corrected chi connectivity index (χ0v) is 12.2. The van der Waals surface area contributed by atoms with Gasteiger partial charge >= 0.3 is 12.1 Å². The van der Waals surface area contributed by atoms with Gasteiger partial charge in [-0.3, -0.25) is 4.79 Å². The number of aromatic nitrogens is 2. The maximum Gasteiger partial charge on any atom is 0.394 e. The molecule has 5 nitrogen and oxygen atoms in total. The molecule has 122 valence electrons. The first kappa shape index (κ1) is 15.5. The molecule has 0 unspecified atom stereocenters. The van der Waals surface area contributed by atoms with Crippen LogP contribution in [-0.4, -0.2) is 40.3 Å². The molecule has 0 bridgehead atoms. The van der Waals surface area contributed by atoms with Crippen molar-refractivity contribution in [3.8, 4) is 0 Å². The molecule has 0 saturated carbocycles. The molecular formula is C15H14F3N3O2. The van der Waals surface area contributed by atoms with E-state index >= 15 is 0 Å². The van der Waals surface area contributed by atoms with Crippen molar-refractivity contribution < 1.29 is 23.1 Å². The summed E-state index contributed by atoms with van der Waals surface area (Å²) in [4.78, 5) is 20.8. The van der Waals surface area contributed by atoms with Gasteiger partial charge in [-0.2, -0.15) is 13.2 Å². The highest BCUT2D eigenvalue weighted by atomic mass is 19.4. The first-order valence-corrected chi connectivity index (χ1v) is 7.04. The van der Waals surface area contributed by atoms with Gasteiger partial charge in [0.2, 0.25) is 0 Å². The summed E-state index contributed by atoms with van der Waals surface area (Å²) in [5, 5.41) is 9.77. The number of carboxylic acid groups (broad SMARTS) is 1. The number of aryl methyl sites for hydroxylation is 1.